The van der Waals surface area contributed by atoms with Crippen molar-refractivity contribution in [1.82, 2.24) is 10.5 Å². The molecule has 0 radical (unpaired) electrons. The number of hydrogen-bond acceptors (Lipinski definition) is 4. The van der Waals surface area contributed by atoms with E-state index in [9.17, 15) is 14.3 Å². The minimum absolute atomic E-state index is 0.0900. The van der Waals surface area contributed by atoms with Crippen LogP contribution in [-0.2, 0) is 4.79 Å². The fraction of sp³-hybridized carbons (Fsp3) is 0.273. The topological polar surface area (TPSA) is 75.4 Å². The third-order valence-electron chi connectivity index (χ3n) is 4.74. The van der Waals surface area contributed by atoms with Gasteiger partial charge in [-0.15, -0.1) is 6.58 Å². The molecule has 2 aromatic carbocycles. The van der Waals surface area contributed by atoms with Gasteiger partial charge in [0.1, 0.15) is 17.6 Å². The van der Waals surface area contributed by atoms with Gasteiger partial charge in [-0.2, -0.15) is 0 Å². The van der Waals surface area contributed by atoms with Gasteiger partial charge in [0.05, 0.1) is 0 Å². The van der Waals surface area contributed by atoms with Crippen LogP contribution in [-0.4, -0.2) is 22.3 Å². The van der Waals surface area contributed by atoms with Crippen LogP contribution in [0.25, 0.3) is 22.2 Å². The van der Waals surface area contributed by atoms with Gasteiger partial charge in [0, 0.05) is 23.1 Å². The molecule has 3 aromatic rings. The van der Waals surface area contributed by atoms with Gasteiger partial charge in [0.15, 0.2) is 5.58 Å². The van der Waals surface area contributed by atoms with E-state index in [-0.39, 0.29) is 12.0 Å². The van der Waals surface area contributed by atoms with Crippen molar-refractivity contribution in [2.45, 2.75) is 32.4 Å². The van der Waals surface area contributed by atoms with Gasteiger partial charge in [-0.1, -0.05) is 49.3 Å². The number of nitrogens with one attached hydrogen (secondary N) is 1. The monoisotopic (exact) mass is 382 g/mol. The maximum absolute atomic E-state index is 13.5. The smallest absolute Gasteiger partial charge is 0.320 e. The Morgan fingerprint density at radius 1 is 1.32 bits per heavy atom. The number of fused-ring (bicyclic) bond motifs is 1. The van der Waals surface area contributed by atoms with E-state index in [4.69, 9.17) is 4.52 Å². The molecular formula is C22H23FN2O3. The molecule has 0 fully saturated rings. The van der Waals surface area contributed by atoms with Crippen LogP contribution in [0, 0.1) is 11.7 Å². The standard InChI is InChI=1S/C22H23FN2O3/c1-4-7-18(24-20(13(2)3)22(26)27)15-8-5-6-9-16(15)21-17-11-10-14(23)12-19(17)28-25-21/h4-6,8-13,18,20,24H,1,7H2,2-3H3,(H,26,27)/t18?,20-/m0/s1. The van der Waals surface area contributed by atoms with E-state index in [2.05, 4.69) is 17.1 Å². The molecule has 0 saturated carbocycles. The molecular weight excluding hydrogens is 359 g/mol. The Morgan fingerprint density at radius 2 is 2.07 bits per heavy atom. The van der Waals surface area contributed by atoms with Crippen molar-refractivity contribution in [3.05, 3.63) is 66.5 Å². The second-order valence-electron chi connectivity index (χ2n) is 7.06. The molecule has 0 aliphatic carbocycles. The molecule has 2 atom stereocenters. The first-order valence-electron chi connectivity index (χ1n) is 9.16. The van der Waals surface area contributed by atoms with Crippen molar-refractivity contribution < 1.29 is 18.8 Å². The third kappa shape index (κ3) is 3.97. The number of nitrogens with zero attached hydrogens (tertiary/aromatic N) is 1. The maximum atomic E-state index is 13.5. The SMILES string of the molecule is C=CCC(N[C@H](C(=O)O)C(C)C)c1ccccc1-c1noc2cc(F)ccc12. The van der Waals surface area contributed by atoms with Crippen molar-refractivity contribution in [3.63, 3.8) is 0 Å². The molecule has 0 amide bonds. The number of halogens is 1. The quantitative estimate of drug-likeness (QED) is 0.539. The lowest BCUT2D eigenvalue weighted by Crippen LogP contribution is -2.43. The Labute approximate surface area is 162 Å². The predicted octanol–water partition coefficient (Wildman–Crippen LogP) is 4.95. The Bertz CT molecular complexity index is 996. The third-order valence-corrected chi connectivity index (χ3v) is 4.74. The largest absolute Gasteiger partial charge is 0.480 e. The zero-order chi connectivity index (χ0) is 20.3. The van der Waals surface area contributed by atoms with Gasteiger partial charge in [-0.25, -0.2) is 4.39 Å². The van der Waals surface area contributed by atoms with E-state index < -0.39 is 17.8 Å². The highest BCUT2D eigenvalue weighted by Gasteiger charge is 2.27. The van der Waals surface area contributed by atoms with Gasteiger partial charge in [-0.05, 0) is 30.0 Å². The van der Waals surface area contributed by atoms with Crippen LogP contribution in [0.1, 0.15) is 31.9 Å². The van der Waals surface area contributed by atoms with E-state index in [1.165, 1.54) is 12.1 Å². The molecule has 0 saturated heterocycles. The molecule has 2 N–H and O–H groups in total. The van der Waals surface area contributed by atoms with Crippen LogP contribution in [0.3, 0.4) is 0 Å². The Kier molecular flexibility index (Phi) is 5.90. The van der Waals surface area contributed by atoms with E-state index >= 15 is 0 Å². The van der Waals surface area contributed by atoms with E-state index in [0.29, 0.717) is 23.1 Å². The molecule has 3 rings (SSSR count). The normalized spacial score (nSPS) is 13.6. The molecule has 0 aliphatic heterocycles. The second-order valence-corrected chi connectivity index (χ2v) is 7.06. The van der Waals surface area contributed by atoms with Gasteiger partial charge >= 0.3 is 5.97 Å². The van der Waals surface area contributed by atoms with Crippen LogP contribution >= 0.6 is 0 Å². The summed E-state index contributed by atoms with van der Waals surface area (Å²) in [4.78, 5) is 11.7. The number of carboxylic acids is 1. The number of carboxylic acid groups (broad SMARTS) is 1. The number of benzene rings is 2. The molecule has 1 heterocycles. The Hall–Kier alpha value is -2.99. The summed E-state index contributed by atoms with van der Waals surface area (Å²) in [6.45, 7) is 7.54. The number of carbonyl (C=O) groups is 1. The molecule has 1 unspecified atom stereocenters. The van der Waals surface area contributed by atoms with Crippen LogP contribution < -0.4 is 5.32 Å². The molecule has 0 spiro atoms. The first kappa shape index (κ1) is 19.8. The van der Waals surface area contributed by atoms with Crippen molar-refractivity contribution in [2.75, 3.05) is 0 Å². The minimum Gasteiger partial charge on any atom is -0.480 e. The summed E-state index contributed by atoms with van der Waals surface area (Å²) in [5.74, 6) is -1.38. The summed E-state index contributed by atoms with van der Waals surface area (Å²) in [5.41, 5.74) is 2.65. The second kappa shape index (κ2) is 8.35. The lowest BCUT2D eigenvalue weighted by atomic mass is 9.93. The lowest BCUT2D eigenvalue weighted by Gasteiger charge is -2.26. The van der Waals surface area contributed by atoms with Crippen LogP contribution in [0.5, 0.6) is 0 Å². The molecule has 5 nitrogen and oxygen atoms in total. The average molecular weight is 382 g/mol. The first-order valence-corrected chi connectivity index (χ1v) is 9.16. The van der Waals surface area contributed by atoms with Crippen molar-refractivity contribution >= 4 is 16.9 Å². The first-order chi connectivity index (χ1) is 13.4. The summed E-state index contributed by atoms with van der Waals surface area (Å²) in [6, 6.07) is 10.9. The number of hydrogen-bond donors (Lipinski definition) is 2. The maximum Gasteiger partial charge on any atom is 0.320 e. The van der Waals surface area contributed by atoms with Gasteiger partial charge in [0.2, 0.25) is 0 Å². The highest BCUT2D eigenvalue weighted by atomic mass is 19.1. The number of aliphatic carboxylic acids is 1. The summed E-state index contributed by atoms with van der Waals surface area (Å²) < 4.78 is 18.8. The Morgan fingerprint density at radius 3 is 2.75 bits per heavy atom. The van der Waals surface area contributed by atoms with Crippen LogP contribution in [0.2, 0.25) is 0 Å². The zero-order valence-electron chi connectivity index (χ0n) is 15.9. The molecule has 146 valence electrons. The highest BCUT2D eigenvalue weighted by molar-refractivity contribution is 5.92. The molecule has 28 heavy (non-hydrogen) atoms. The summed E-state index contributed by atoms with van der Waals surface area (Å²) >= 11 is 0. The fourth-order valence-corrected chi connectivity index (χ4v) is 3.34. The van der Waals surface area contributed by atoms with Gasteiger partial charge < -0.3 is 9.63 Å². The zero-order valence-corrected chi connectivity index (χ0v) is 15.9. The number of rotatable bonds is 8. The van der Waals surface area contributed by atoms with E-state index in [0.717, 1.165) is 11.1 Å². The predicted molar refractivity (Wildman–Crippen MR) is 106 cm³/mol. The molecule has 0 aliphatic rings. The van der Waals surface area contributed by atoms with Crippen molar-refractivity contribution in [3.8, 4) is 11.3 Å². The van der Waals surface area contributed by atoms with Gasteiger partial charge in [0.25, 0.3) is 0 Å². The van der Waals surface area contributed by atoms with Crippen molar-refractivity contribution in [1.29, 1.82) is 0 Å². The summed E-state index contributed by atoms with van der Waals surface area (Å²) in [6.07, 6.45) is 2.29. The van der Waals surface area contributed by atoms with Crippen molar-refractivity contribution in [2.24, 2.45) is 5.92 Å². The average Bonchev–Trinajstić information content (AvgIpc) is 3.07. The summed E-state index contributed by atoms with van der Waals surface area (Å²) in [7, 11) is 0. The van der Waals surface area contributed by atoms with Gasteiger partial charge in [-0.3, -0.25) is 10.1 Å². The molecule has 1 aromatic heterocycles. The fourth-order valence-electron chi connectivity index (χ4n) is 3.34. The van der Waals surface area contributed by atoms with E-state index in [1.807, 2.05) is 38.1 Å². The minimum atomic E-state index is -0.899. The van der Waals surface area contributed by atoms with Crippen LogP contribution in [0.4, 0.5) is 4.39 Å². The summed E-state index contributed by atoms with van der Waals surface area (Å²) in [5, 5.41) is 17.7. The van der Waals surface area contributed by atoms with Crippen LogP contribution in [0.15, 0.2) is 59.6 Å². The highest BCUT2D eigenvalue weighted by Crippen LogP contribution is 2.34. The molecule has 0 bridgehead atoms. The number of aromatic nitrogens is 1. The van der Waals surface area contributed by atoms with E-state index in [1.54, 1.807) is 12.1 Å². The Balaban J connectivity index is 2.08. The molecule has 6 heteroatoms. The lowest BCUT2D eigenvalue weighted by molar-refractivity contribution is -0.140.